The maximum Gasteiger partial charge on any atom is 0.409 e. The lowest BCUT2D eigenvalue weighted by molar-refractivity contribution is -0.149. The maximum atomic E-state index is 13.6. The van der Waals surface area contributed by atoms with Crippen molar-refractivity contribution in [3.63, 3.8) is 0 Å². The van der Waals surface area contributed by atoms with Crippen LogP contribution < -0.4 is 26.1 Å². The molecule has 2 aromatic rings. The molecule has 13 heteroatoms. The van der Waals surface area contributed by atoms with Gasteiger partial charge in [-0.3, -0.25) is 20.3 Å². The Hall–Kier alpha value is -4.36. The molecule has 5 N–H and O–H groups in total. The molecule has 248 valence electrons. The summed E-state index contributed by atoms with van der Waals surface area (Å²) in [6, 6.07) is 15.4. The zero-order chi connectivity index (χ0) is 33.6. The fourth-order valence-corrected chi connectivity index (χ4v) is 4.47. The van der Waals surface area contributed by atoms with Gasteiger partial charge in [0.15, 0.2) is 0 Å². The number of methoxy groups -OCH3 is 3. The highest BCUT2D eigenvalue weighted by atomic mass is 16.5. The summed E-state index contributed by atoms with van der Waals surface area (Å²) in [5, 5.41) is 20.6. The summed E-state index contributed by atoms with van der Waals surface area (Å²) < 4.78 is 14.6. The molecule has 0 saturated heterocycles. The Kier molecular flexibility index (Phi) is 14.6. The van der Waals surface area contributed by atoms with Crippen molar-refractivity contribution < 1.29 is 38.5 Å². The number of alkyl carbamates (subject to hydrolysis) is 2. The van der Waals surface area contributed by atoms with Gasteiger partial charge in [-0.15, -0.1) is 0 Å². The van der Waals surface area contributed by atoms with Crippen LogP contribution in [0.25, 0.3) is 0 Å². The predicted molar refractivity (Wildman–Crippen MR) is 168 cm³/mol. The smallest absolute Gasteiger partial charge is 0.409 e. The second-order valence-corrected chi connectivity index (χ2v) is 11.3. The Labute approximate surface area is 264 Å². The van der Waals surface area contributed by atoms with Gasteiger partial charge in [0.1, 0.15) is 11.8 Å². The molecule has 0 radical (unpaired) electrons. The van der Waals surface area contributed by atoms with Crippen molar-refractivity contribution >= 4 is 24.0 Å². The third kappa shape index (κ3) is 11.6. The summed E-state index contributed by atoms with van der Waals surface area (Å²) in [5.41, 5.74) is 2.49. The highest BCUT2D eigenvalue weighted by Crippen LogP contribution is 2.17. The minimum atomic E-state index is -2.27. The second kappa shape index (κ2) is 17.8. The Morgan fingerprint density at radius 3 is 2.00 bits per heavy atom. The van der Waals surface area contributed by atoms with Crippen LogP contribution in [-0.4, -0.2) is 79.8 Å². The topological polar surface area (TPSA) is 168 Å². The minimum Gasteiger partial charge on any atom is -0.497 e. The molecule has 0 unspecified atom stereocenters. The van der Waals surface area contributed by atoms with E-state index in [4.69, 9.17) is 9.47 Å². The van der Waals surface area contributed by atoms with Crippen LogP contribution in [0.3, 0.4) is 0 Å². The quantitative estimate of drug-likeness (QED) is 0.139. The van der Waals surface area contributed by atoms with E-state index in [0.717, 1.165) is 18.2 Å². The summed E-state index contributed by atoms with van der Waals surface area (Å²) >= 11 is 0. The number of hydrazine groups is 1. The van der Waals surface area contributed by atoms with Crippen LogP contribution in [0.5, 0.6) is 5.75 Å². The van der Waals surface area contributed by atoms with E-state index >= 15 is 0 Å². The summed E-state index contributed by atoms with van der Waals surface area (Å²) in [5.74, 6) is -1.63. The molecule has 0 aliphatic rings. The van der Waals surface area contributed by atoms with Crippen molar-refractivity contribution in [3.8, 4) is 5.75 Å². The zero-order valence-corrected chi connectivity index (χ0v) is 27.1. The van der Waals surface area contributed by atoms with Gasteiger partial charge in [0.25, 0.3) is 11.8 Å². The first-order valence-corrected chi connectivity index (χ1v) is 14.8. The van der Waals surface area contributed by atoms with Crippen molar-refractivity contribution in [2.24, 2.45) is 11.8 Å². The molecule has 45 heavy (non-hydrogen) atoms. The van der Waals surface area contributed by atoms with Crippen LogP contribution in [0.2, 0.25) is 0 Å². The van der Waals surface area contributed by atoms with Gasteiger partial charge >= 0.3 is 12.2 Å². The van der Waals surface area contributed by atoms with Crippen LogP contribution in [0.4, 0.5) is 9.59 Å². The molecule has 0 spiro atoms. The van der Waals surface area contributed by atoms with E-state index < -0.39 is 47.7 Å². The second-order valence-electron chi connectivity index (χ2n) is 11.3. The minimum absolute atomic E-state index is 0.103. The first-order valence-electron chi connectivity index (χ1n) is 14.8. The molecule has 0 heterocycles. The number of carbonyl (C=O) groups excluding carboxylic acids is 4. The number of rotatable bonds is 16. The lowest BCUT2D eigenvalue weighted by Crippen LogP contribution is -2.64. The number of amides is 4. The highest BCUT2D eigenvalue weighted by molar-refractivity contribution is 5.88. The number of nitrogens with one attached hydrogen (secondary N) is 4. The van der Waals surface area contributed by atoms with Gasteiger partial charge in [-0.2, -0.15) is 0 Å². The number of ether oxygens (including phenoxy) is 3. The summed E-state index contributed by atoms with van der Waals surface area (Å²) in [6.07, 6.45) is -0.720. The SMILES string of the molecule is COC(=O)N[C@H](C(=O)NN(Cc1ccc(OC)cc1)C[C@H](CCc1ccccc1)NC(=O)[C@@](O)(NC(=O)OC)C(C)C)C(C)C. The Morgan fingerprint density at radius 1 is 0.844 bits per heavy atom. The zero-order valence-electron chi connectivity index (χ0n) is 27.1. The van der Waals surface area contributed by atoms with Crippen molar-refractivity contribution in [2.45, 2.75) is 64.9 Å². The Bertz CT molecular complexity index is 1240. The standard InChI is InChI=1S/C32H47N5O8/c1-21(2)27(34-30(40)44-6)28(38)36-37(19-24-14-17-26(43-5)18-15-24)20-25(16-13-23-11-9-8-10-12-23)33-29(39)32(42,22(3)4)35-31(41)45-7/h8-12,14-15,17-18,21-22,25,27,42H,13,16,19-20H2,1-7H3,(H,33,39)(H,34,40)(H,35,41)(H,36,38)/t25-,27-,32+/m0/s1. The molecule has 0 fully saturated rings. The van der Waals surface area contributed by atoms with Crippen LogP contribution >= 0.6 is 0 Å². The third-order valence-electron chi connectivity index (χ3n) is 7.27. The number of nitrogens with zero attached hydrogens (tertiary/aromatic N) is 1. The van der Waals surface area contributed by atoms with Crippen LogP contribution in [-0.2, 0) is 32.0 Å². The van der Waals surface area contributed by atoms with Crippen molar-refractivity contribution in [2.75, 3.05) is 27.9 Å². The molecule has 3 atom stereocenters. The largest absolute Gasteiger partial charge is 0.497 e. The lowest BCUT2D eigenvalue weighted by Gasteiger charge is -2.35. The van der Waals surface area contributed by atoms with Crippen LogP contribution in [0, 0.1) is 11.8 Å². The number of hydrogen-bond donors (Lipinski definition) is 5. The number of aryl methyl sites for hydroxylation is 1. The van der Waals surface area contributed by atoms with Gasteiger partial charge < -0.3 is 30.0 Å². The molecule has 0 bridgehead atoms. The third-order valence-corrected chi connectivity index (χ3v) is 7.27. The molecule has 0 aromatic heterocycles. The van der Waals surface area contributed by atoms with E-state index in [2.05, 4.69) is 26.1 Å². The molecule has 0 saturated carbocycles. The van der Waals surface area contributed by atoms with Crippen LogP contribution in [0.1, 0.15) is 45.2 Å². The predicted octanol–water partition coefficient (Wildman–Crippen LogP) is 2.73. The van der Waals surface area contributed by atoms with E-state index in [-0.39, 0.29) is 19.0 Å². The maximum absolute atomic E-state index is 13.6. The van der Waals surface area contributed by atoms with E-state index in [9.17, 15) is 24.3 Å². The van der Waals surface area contributed by atoms with E-state index in [0.29, 0.717) is 18.6 Å². The molecule has 13 nitrogen and oxygen atoms in total. The first kappa shape index (κ1) is 36.8. The van der Waals surface area contributed by atoms with Gasteiger partial charge in [-0.25, -0.2) is 14.6 Å². The number of benzene rings is 2. The number of hydrogen-bond acceptors (Lipinski definition) is 9. The van der Waals surface area contributed by atoms with Gasteiger partial charge in [0, 0.05) is 25.0 Å². The molecule has 2 rings (SSSR count). The summed E-state index contributed by atoms with van der Waals surface area (Å²) in [6.45, 7) is 7.09. The molecule has 4 amide bonds. The molecule has 2 aromatic carbocycles. The van der Waals surface area contributed by atoms with Crippen molar-refractivity contribution in [1.29, 1.82) is 0 Å². The monoisotopic (exact) mass is 629 g/mol. The molecular weight excluding hydrogens is 582 g/mol. The fourth-order valence-electron chi connectivity index (χ4n) is 4.47. The summed E-state index contributed by atoms with van der Waals surface area (Å²) in [7, 11) is 3.92. The van der Waals surface area contributed by atoms with Gasteiger partial charge in [0.2, 0.25) is 5.72 Å². The van der Waals surface area contributed by atoms with E-state index in [1.54, 1.807) is 51.9 Å². The Balaban J connectivity index is 2.43. The van der Waals surface area contributed by atoms with Gasteiger partial charge in [0.05, 0.1) is 21.3 Å². The van der Waals surface area contributed by atoms with Crippen molar-refractivity contribution in [1.82, 2.24) is 26.4 Å². The van der Waals surface area contributed by atoms with Gasteiger partial charge in [-0.1, -0.05) is 70.2 Å². The van der Waals surface area contributed by atoms with E-state index in [1.807, 2.05) is 42.5 Å². The summed E-state index contributed by atoms with van der Waals surface area (Å²) in [4.78, 5) is 51.0. The lowest BCUT2D eigenvalue weighted by atomic mass is 9.97. The number of carbonyl (C=O) groups is 4. The average Bonchev–Trinajstić information content (AvgIpc) is 3.02. The molecule has 0 aliphatic carbocycles. The number of aliphatic hydroxyl groups is 1. The average molecular weight is 630 g/mol. The van der Waals surface area contributed by atoms with Gasteiger partial charge in [-0.05, 0) is 42.0 Å². The van der Waals surface area contributed by atoms with Crippen molar-refractivity contribution in [3.05, 3.63) is 65.7 Å². The normalized spacial score (nSPS) is 13.8. The molecule has 0 aliphatic heterocycles. The Morgan fingerprint density at radius 2 is 1.47 bits per heavy atom. The fraction of sp³-hybridized carbons (Fsp3) is 0.500. The van der Waals surface area contributed by atoms with Crippen LogP contribution in [0.15, 0.2) is 54.6 Å². The van der Waals surface area contributed by atoms with E-state index in [1.165, 1.54) is 7.11 Å². The highest BCUT2D eigenvalue weighted by Gasteiger charge is 2.42. The molecular formula is C32H47N5O8. The first-order chi connectivity index (χ1) is 21.3.